The molecule has 0 radical (unpaired) electrons. The van der Waals surface area contributed by atoms with Crippen molar-refractivity contribution in [1.29, 1.82) is 0 Å². The molecule has 2 aromatic heterocycles. The average molecular weight is 613 g/mol. The number of aromatic amines is 1. The Labute approximate surface area is 250 Å². The normalized spacial score (nSPS) is 15.7. The zero-order valence-corrected chi connectivity index (χ0v) is 23.6. The number of hydrogen-bond donors (Lipinski definition) is 3. The fourth-order valence-corrected chi connectivity index (χ4v) is 5.00. The van der Waals surface area contributed by atoms with Crippen LogP contribution in [0.15, 0.2) is 61.2 Å². The SMILES string of the molecule is O=C(Nc1ccc(Cl)c(N(c2cc(NC3CC3)ncn2)c2ncc[nH]2)c1)c1ccc(CN2CCOCC2)c(C(F)(F)F)c1. The molecular formula is C29H28ClF3N8O2. The molecule has 10 nitrogen and oxygen atoms in total. The first-order valence-corrected chi connectivity index (χ1v) is 14.1. The number of anilines is 5. The lowest BCUT2D eigenvalue weighted by Gasteiger charge is -2.27. The Bertz CT molecular complexity index is 1590. The third-order valence-electron chi connectivity index (χ3n) is 7.13. The van der Waals surface area contributed by atoms with Crippen LogP contribution in [0.4, 0.5) is 42.1 Å². The van der Waals surface area contributed by atoms with Gasteiger partial charge in [-0.25, -0.2) is 15.0 Å². The van der Waals surface area contributed by atoms with Crippen LogP contribution in [0.1, 0.15) is 34.3 Å². The monoisotopic (exact) mass is 612 g/mol. The number of ether oxygens (including phenoxy) is 1. The van der Waals surface area contributed by atoms with E-state index in [2.05, 4.69) is 30.6 Å². The molecular weight excluding hydrogens is 585 g/mol. The second-order valence-electron chi connectivity index (χ2n) is 10.3. The zero-order chi connectivity index (χ0) is 30.0. The molecule has 4 aromatic rings. The molecule has 2 aromatic carbocycles. The summed E-state index contributed by atoms with van der Waals surface area (Å²) in [5.41, 5.74) is -0.107. The molecule has 1 saturated carbocycles. The predicted octanol–water partition coefficient (Wildman–Crippen LogP) is 6.00. The fraction of sp³-hybridized carbons (Fsp3) is 0.310. The first kappa shape index (κ1) is 28.9. The summed E-state index contributed by atoms with van der Waals surface area (Å²) in [5.74, 6) is 0.817. The van der Waals surface area contributed by atoms with Crippen LogP contribution in [0.25, 0.3) is 0 Å². The van der Waals surface area contributed by atoms with Crippen LogP contribution in [0.5, 0.6) is 0 Å². The van der Waals surface area contributed by atoms with Gasteiger partial charge in [0.15, 0.2) is 0 Å². The summed E-state index contributed by atoms with van der Waals surface area (Å²) in [6.07, 6.45) is 2.16. The minimum atomic E-state index is -4.63. The Balaban J connectivity index is 1.27. The number of carbonyl (C=O) groups is 1. The predicted molar refractivity (Wildman–Crippen MR) is 156 cm³/mol. The number of rotatable bonds is 9. The molecule has 0 bridgehead atoms. The van der Waals surface area contributed by atoms with Crippen molar-refractivity contribution in [2.24, 2.45) is 0 Å². The number of halogens is 4. The summed E-state index contributed by atoms with van der Waals surface area (Å²) in [5, 5.41) is 6.37. The van der Waals surface area contributed by atoms with Gasteiger partial charge >= 0.3 is 6.18 Å². The van der Waals surface area contributed by atoms with E-state index in [-0.39, 0.29) is 17.7 Å². The van der Waals surface area contributed by atoms with Gasteiger partial charge in [0, 0.05) is 55.4 Å². The number of imidazole rings is 1. The molecule has 1 aliphatic heterocycles. The molecule has 0 spiro atoms. The number of hydrogen-bond acceptors (Lipinski definition) is 8. The largest absolute Gasteiger partial charge is 0.416 e. The van der Waals surface area contributed by atoms with E-state index in [4.69, 9.17) is 16.3 Å². The van der Waals surface area contributed by atoms with Crippen molar-refractivity contribution < 1.29 is 22.7 Å². The van der Waals surface area contributed by atoms with Gasteiger partial charge in [-0.15, -0.1) is 0 Å². The molecule has 43 heavy (non-hydrogen) atoms. The van der Waals surface area contributed by atoms with Crippen LogP contribution in [-0.2, 0) is 17.5 Å². The minimum absolute atomic E-state index is 0.106. The summed E-state index contributed by atoms with van der Waals surface area (Å²) in [6.45, 7) is 2.14. The second kappa shape index (κ2) is 12.2. The van der Waals surface area contributed by atoms with Gasteiger partial charge in [-0.05, 0) is 48.7 Å². The number of nitrogens with one attached hydrogen (secondary N) is 3. The van der Waals surface area contributed by atoms with Gasteiger partial charge in [-0.1, -0.05) is 17.7 Å². The first-order chi connectivity index (χ1) is 20.7. The van der Waals surface area contributed by atoms with Gasteiger partial charge in [0.05, 0.1) is 29.5 Å². The highest BCUT2D eigenvalue weighted by Gasteiger charge is 2.34. The van der Waals surface area contributed by atoms with Crippen molar-refractivity contribution in [2.45, 2.75) is 31.6 Å². The van der Waals surface area contributed by atoms with E-state index >= 15 is 0 Å². The summed E-state index contributed by atoms with van der Waals surface area (Å²) in [7, 11) is 0. The third kappa shape index (κ3) is 6.90. The highest BCUT2D eigenvalue weighted by molar-refractivity contribution is 6.33. The molecule has 1 amide bonds. The zero-order valence-electron chi connectivity index (χ0n) is 22.9. The number of alkyl halides is 3. The van der Waals surface area contributed by atoms with Crippen molar-refractivity contribution in [3.63, 3.8) is 0 Å². The molecule has 3 N–H and O–H groups in total. The molecule has 14 heteroatoms. The summed E-state index contributed by atoms with van der Waals surface area (Å²) >= 11 is 6.62. The van der Waals surface area contributed by atoms with Crippen LogP contribution in [0.2, 0.25) is 5.02 Å². The van der Waals surface area contributed by atoms with Crippen LogP contribution >= 0.6 is 11.6 Å². The summed E-state index contributed by atoms with van der Waals surface area (Å²) in [6, 6.07) is 10.6. The molecule has 0 unspecified atom stereocenters. The number of carbonyl (C=O) groups excluding carboxylic acids is 1. The number of amides is 1. The first-order valence-electron chi connectivity index (χ1n) is 13.7. The highest BCUT2D eigenvalue weighted by atomic mass is 35.5. The Morgan fingerprint density at radius 3 is 2.63 bits per heavy atom. The smallest absolute Gasteiger partial charge is 0.379 e. The van der Waals surface area contributed by atoms with Crippen LogP contribution in [0.3, 0.4) is 0 Å². The molecule has 0 atom stereocenters. The highest BCUT2D eigenvalue weighted by Crippen LogP contribution is 2.39. The number of morpholine rings is 1. The maximum Gasteiger partial charge on any atom is 0.416 e. The van der Waals surface area contributed by atoms with Crippen molar-refractivity contribution >= 4 is 46.5 Å². The molecule has 1 aliphatic carbocycles. The van der Waals surface area contributed by atoms with Gasteiger partial charge in [-0.3, -0.25) is 14.6 Å². The lowest BCUT2D eigenvalue weighted by molar-refractivity contribution is -0.138. The Morgan fingerprint density at radius 1 is 1.09 bits per heavy atom. The van der Waals surface area contributed by atoms with E-state index in [0.717, 1.165) is 18.9 Å². The van der Waals surface area contributed by atoms with Crippen LogP contribution in [-0.4, -0.2) is 63.1 Å². The van der Waals surface area contributed by atoms with E-state index in [1.54, 1.807) is 41.6 Å². The molecule has 3 heterocycles. The van der Waals surface area contributed by atoms with E-state index in [1.807, 2.05) is 4.90 Å². The molecule has 6 rings (SSSR count). The van der Waals surface area contributed by atoms with Crippen molar-refractivity contribution in [1.82, 2.24) is 24.8 Å². The van der Waals surface area contributed by atoms with Gasteiger partial charge in [-0.2, -0.15) is 13.2 Å². The Kier molecular flexibility index (Phi) is 8.19. The molecule has 1 saturated heterocycles. The topological polar surface area (TPSA) is 111 Å². The standard InChI is InChI=1S/C29H28ClF3N8O2/c30-23-6-5-21(14-24(23)41(28-34-7-8-35-28)26-15-25(36-17-37-26)38-20-3-4-20)39-27(42)18-1-2-19(22(13-18)29(31,32)33)16-40-9-11-43-12-10-40/h1-2,5-8,13-15,17,20H,3-4,9-12,16H2,(H,34,35)(H,39,42)(H,36,37,38). The molecule has 224 valence electrons. The maximum absolute atomic E-state index is 14.0. The fourth-order valence-electron chi connectivity index (χ4n) is 4.79. The number of H-pyrrole nitrogens is 1. The average Bonchev–Trinajstić information content (AvgIpc) is 3.64. The quantitative estimate of drug-likeness (QED) is 0.211. The number of benzene rings is 2. The van der Waals surface area contributed by atoms with E-state index in [9.17, 15) is 18.0 Å². The summed E-state index contributed by atoms with van der Waals surface area (Å²) < 4.78 is 47.4. The van der Waals surface area contributed by atoms with Crippen LogP contribution < -0.4 is 15.5 Å². The van der Waals surface area contributed by atoms with Gasteiger partial charge in [0.2, 0.25) is 5.95 Å². The van der Waals surface area contributed by atoms with E-state index in [1.165, 1.54) is 18.5 Å². The second-order valence-corrected chi connectivity index (χ2v) is 10.7. The lowest BCUT2D eigenvalue weighted by atomic mass is 10.0. The van der Waals surface area contributed by atoms with E-state index < -0.39 is 17.6 Å². The van der Waals surface area contributed by atoms with Crippen molar-refractivity contribution in [2.75, 3.05) is 41.8 Å². The van der Waals surface area contributed by atoms with Gasteiger partial charge in [0.1, 0.15) is 18.0 Å². The minimum Gasteiger partial charge on any atom is -0.379 e. The third-order valence-corrected chi connectivity index (χ3v) is 7.45. The van der Waals surface area contributed by atoms with Crippen molar-refractivity contribution in [3.05, 3.63) is 82.9 Å². The lowest BCUT2D eigenvalue weighted by Crippen LogP contribution is -2.36. The maximum atomic E-state index is 14.0. The molecule has 2 aliphatic rings. The van der Waals surface area contributed by atoms with Gasteiger partial charge < -0.3 is 20.4 Å². The molecule has 2 fully saturated rings. The summed E-state index contributed by atoms with van der Waals surface area (Å²) in [4.78, 5) is 32.9. The Morgan fingerprint density at radius 2 is 1.91 bits per heavy atom. The van der Waals surface area contributed by atoms with Crippen molar-refractivity contribution in [3.8, 4) is 0 Å². The van der Waals surface area contributed by atoms with Gasteiger partial charge in [0.25, 0.3) is 5.91 Å². The van der Waals surface area contributed by atoms with E-state index in [0.29, 0.717) is 66.3 Å². The Hall–Kier alpha value is -4.20. The van der Waals surface area contributed by atoms with Crippen LogP contribution in [0, 0.1) is 0 Å². The number of aromatic nitrogens is 4. The number of nitrogens with zero attached hydrogens (tertiary/aromatic N) is 5.